The number of carbonyl (C=O) groups is 2. The average molecular weight is 354 g/mol. The summed E-state index contributed by atoms with van der Waals surface area (Å²) in [5.41, 5.74) is 2.96. The second-order valence-electron chi connectivity index (χ2n) is 5.43. The van der Waals surface area contributed by atoms with E-state index >= 15 is 0 Å². The molecule has 0 bridgehead atoms. The number of rotatable bonds is 5. The van der Waals surface area contributed by atoms with E-state index in [0.29, 0.717) is 5.56 Å². The minimum atomic E-state index is -1.12. The number of carbonyl (C=O) groups excluding carboxylic acids is 2. The molecule has 26 heavy (non-hydrogen) atoms. The van der Waals surface area contributed by atoms with E-state index in [1.165, 1.54) is 12.1 Å². The first kappa shape index (κ1) is 17.3. The Labute approximate surface area is 148 Å². The molecule has 3 aromatic rings. The average Bonchev–Trinajstić information content (AvgIpc) is 3.21. The number of benzene rings is 2. The van der Waals surface area contributed by atoms with Crippen molar-refractivity contribution < 1.29 is 19.2 Å². The van der Waals surface area contributed by atoms with Gasteiger partial charge in [-0.3, -0.25) is 14.8 Å². The molecule has 0 saturated carbocycles. The highest BCUT2D eigenvalue weighted by Crippen LogP contribution is 2.17. The molecule has 1 unspecified atom stereocenters. The zero-order chi connectivity index (χ0) is 18.5. The molecule has 1 aromatic heterocycles. The standard InChI is InChI=1S/C18H15FN4O3/c19-14-6-2-13(3-7-14)17(24)21-16(18(25)22-26)12-4-8-15(9-5-12)23-11-1-10-20-23/h1-11,16,26H,(H,21,24)(H,22,25). The SMILES string of the molecule is O=C(NC(C(=O)NO)c1ccc(-n2cccn2)cc1)c1ccc(F)cc1. The Morgan fingerprint density at radius 1 is 1.08 bits per heavy atom. The van der Waals surface area contributed by atoms with Crippen molar-refractivity contribution in [1.82, 2.24) is 20.6 Å². The molecule has 0 aliphatic carbocycles. The largest absolute Gasteiger partial charge is 0.336 e. The number of hydroxylamine groups is 1. The summed E-state index contributed by atoms with van der Waals surface area (Å²) in [6.07, 6.45) is 3.40. The Balaban J connectivity index is 1.82. The minimum absolute atomic E-state index is 0.190. The Kier molecular flexibility index (Phi) is 5.04. The number of hydrogen-bond donors (Lipinski definition) is 3. The van der Waals surface area contributed by atoms with Gasteiger partial charge in [-0.2, -0.15) is 5.10 Å². The van der Waals surface area contributed by atoms with Crippen LogP contribution >= 0.6 is 0 Å². The molecule has 8 heteroatoms. The molecule has 0 spiro atoms. The van der Waals surface area contributed by atoms with Crippen molar-refractivity contribution in [1.29, 1.82) is 0 Å². The van der Waals surface area contributed by atoms with Crippen molar-refractivity contribution in [3.63, 3.8) is 0 Å². The normalized spacial score (nSPS) is 11.6. The van der Waals surface area contributed by atoms with Crippen molar-refractivity contribution in [2.24, 2.45) is 0 Å². The van der Waals surface area contributed by atoms with Gasteiger partial charge in [-0.1, -0.05) is 12.1 Å². The summed E-state index contributed by atoms with van der Waals surface area (Å²) < 4.78 is 14.6. The Hall–Kier alpha value is -3.52. The zero-order valence-electron chi connectivity index (χ0n) is 13.5. The van der Waals surface area contributed by atoms with Crippen LogP contribution in [0.15, 0.2) is 67.0 Å². The summed E-state index contributed by atoms with van der Waals surface area (Å²) in [6, 6.07) is 12.3. The van der Waals surface area contributed by atoms with Gasteiger partial charge in [0.15, 0.2) is 0 Å². The Bertz CT molecular complexity index is 893. The number of halogens is 1. The first-order chi connectivity index (χ1) is 12.6. The zero-order valence-corrected chi connectivity index (χ0v) is 13.5. The monoisotopic (exact) mass is 354 g/mol. The van der Waals surface area contributed by atoms with E-state index in [4.69, 9.17) is 5.21 Å². The van der Waals surface area contributed by atoms with Crippen LogP contribution in [-0.2, 0) is 4.79 Å². The second kappa shape index (κ2) is 7.58. The summed E-state index contributed by atoms with van der Waals surface area (Å²) in [4.78, 5) is 24.3. The first-order valence-corrected chi connectivity index (χ1v) is 7.69. The molecule has 0 fully saturated rings. The van der Waals surface area contributed by atoms with Crippen molar-refractivity contribution in [3.05, 3.63) is 83.9 Å². The van der Waals surface area contributed by atoms with E-state index in [1.54, 1.807) is 52.9 Å². The Morgan fingerprint density at radius 2 is 1.77 bits per heavy atom. The molecule has 2 amide bonds. The van der Waals surface area contributed by atoms with Gasteiger partial charge < -0.3 is 5.32 Å². The number of amides is 2. The maximum absolute atomic E-state index is 13.0. The van der Waals surface area contributed by atoms with Crippen LogP contribution in [0.25, 0.3) is 5.69 Å². The number of hydrogen-bond acceptors (Lipinski definition) is 4. The third-order valence-electron chi connectivity index (χ3n) is 3.75. The van der Waals surface area contributed by atoms with E-state index < -0.39 is 23.7 Å². The van der Waals surface area contributed by atoms with Crippen molar-refractivity contribution in [3.8, 4) is 5.69 Å². The predicted molar refractivity (Wildman–Crippen MR) is 90.1 cm³/mol. The maximum atomic E-state index is 13.0. The lowest BCUT2D eigenvalue weighted by atomic mass is 10.0. The molecule has 2 aromatic carbocycles. The summed E-state index contributed by atoms with van der Waals surface area (Å²) in [5, 5.41) is 15.6. The molecule has 0 aliphatic rings. The van der Waals surface area contributed by atoms with Gasteiger partial charge in [-0.25, -0.2) is 14.6 Å². The minimum Gasteiger partial charge on any atom is -0.336 e. The fraction of sp³-hybridized carbons (Fsp3) is 0.0556. The molecule has 0 saturated heterocycles. The fourth-order valence-electron chi connectivity index (χ4n) is 2.42. The first-order valence-electron chi connectivity index (χ1n) is 7.69. The maximum Gasteiger partial charge on any atom is 0.270 e. The van der Waals surface area contributed by atoms with Gasteiger partial charge in [-0.15, -0.1) is 0 Å². The summed E-state index contributed by atoms with van der Waals surface area (Å²) >= 11 is 0. The van der Waals surface area contributed by atoms with Gasteiger partial charge in [-0.05, 0) is 48.0 Å². The van der Waals surface area contributed by atoms with Gasteiger partial charge in [0.05, 0.1) is 5.69 Å². The molecule has 3 N–H and O–H groups in total. The number of nitrogens with zero attached hydrogens (tertiary/aromatic N) is 2. The quantitative estimate of drug-likeness (QED) is 0.482. The van der Waals surface area contributed by atoms with Crippen LogP contribution < -0.4 is 10.8 Å². The van der Waals surface area contributed by atoms with E-state index in [0.717, 1.165) is 17.8 Å². The lowest BCUT2D eigenvalue weighted by Gasteiger charge is -2.17. The lowest BCUT2D eigenvalue weighted by Crippen LogP contribution is -2.39. The molecule has 3 rings (SSSR count). The molecular formula is C18H15FN4O3. The van der Waals surface area contributed by atoms with Gasteiger partial charge in [0, 0.05) is 18.0 Å². The summed E-state index contributed by atoms with van der Waals surface area (Å²) in [6.45, 7) is 0. The van der Waals surface area contributed by atoms with E-state index in [9.17, 15) is 14.0 Å². The molecular weight excluding hydrogens is 339 g/mol. The van der Waals surface area contributed by atoms with Crippen LogP contribution in [0, 0.1) is 5.82 Å². The fourth-order valence-corrected chi connectivity index (χ4v) is 2.42. The van der Waals surface area contributed by atoms with Crippen molar-refractivity contribution in [2.75, 3.05) is 0 Å². The van der Waals surface area contributed by atoms with Gasteiger partial charge in [0.1, 0.15) is 11.9 Å². The van der Waals surface area contributed by atoms with Gasteiger partial charge in [0.25, 0.3) is 11.8 Å². The topological polar surface area (TPSA) is 96.3 Å². The molecule has 1 atom stereocenters. The Morgan fingerprint density at radius 3 is 2.35 bits per heavy atom. The summed E-state index contributed by atoms with van der Waals surface area (Å²) in [5.74, 6) is -1.84. The highest BCUT2D eigenvalue weighted by Gasteiger charge is 2.23. The van der Waals surface area contributed by atoms with Gasteiger partial charge >= 0.3 is 0 Å². The third-order valence-corrected chi connectivity index (χ3v) is 3.75. The van der Waals surface area contributed by atoms with Crippen LogP contribution in [0.2, 0.25) is 0 Å². The van der Waals surface area contributed by atoms with E-state index in [2.05, 4.69) is 10.4 Å². The van der Waals surface area contributed by atoms with Crippen LogP contribution in [-0.4, -0.2) is 26.8 Å². The van der Waals surface area contributed by atoms with Crippen LogP contribution in [0.5, 0.6) is 0 Å². The lowest BCUT2D eigenvalue weighted by molar-refractivity contribution is -0.131. The van der Waals surface area contributed by atoms with Crippen LogP contribution in [0.1, 0.15) is 22.0 Å². The molecule has 0 radical (unpaired) electrons. The van der Waals surface area contributed by atoms with Crippen LogP contribution in [0.3, 0.4) is 0 Å². The second-order valence-corrected chi connectivity index (χ2v) is 5.43. The predicted octanol–water partition coefficient (Wildman–Crippen LogP) is 1.99. The highest BCUT2D eigenvalue weighted by atomic mass is 19.1. The molecule has 1 heterocycles. The van der Waals surface area contributed by atoms with Crippen molar-refractivity contribution in [2.45, 2.75) is 6.04 Å². The molecule has 0 aliphatic heterocycles. The highest BCUT2D eigenvalue weighted by molar-refractivity contribution is 5.97. The molecule has 7 nitrogen and oxygen atoms in total. The van der Waals surface area contributed by atoms with E-state index in [1.807, 2.05) is 0 Å². The number of nitrogens with one attached hydrogen (secondary N) is 2. The van der Waals surface area contributed by atoms with Crippen molar-refractivity contribution >= 4 is 11.8 Å². The van der Waals surface area contributed by atoms with Gasteiger partial charge in [0.2, 0.25) is 0 Å². The number of aromatic nitrogens is 2. The molecule has 132 valence electrons. The summed E-state index contributed by atoms with van der Waals surface area (Å²) in [7, 11) is 0. The third kappa shape index (κ3) is 3.76. The smallest absolute Gasteiger partial charge is 0.270 e. The van der Waals surface area contributed by atoms with Crippen LogP contribution in [0.4, 0.5) is 4.39 Å². The van der Waals surface area contributed by atoms with E-state index in [-0.39, 0.29) is 5.56 Å².